The zero-order valence-corrected chi connectivity index (χ0v) is 14.4. The number of hydrogen-bond donors (Lipinski definition) is 0. The SMILES string of the molecule is CCN(C(=O)C1(C(=O)N2CCc3ccccc32)CC1)c1ccccc1. The van der Waals surface area contributed by atoms with E-state index in [1.807, 2.05) is 60.4 Å². The Morgan fingerprint density at radius 3 is 2.40 bits per heavy atom. The highest BCUT2D eigenvalue weighted by atomic mass is 16.2. The highest BCUT2D eigenvalue weighted by molar-refractivity contribution is 6.18. The monoisotopic (exact) mass is 334 g/mol. The summed E-state index contributed by atoms with van der Waals surface area (Å²) >= 11 is 0. The number of para-hydroxylation sites is 2. The second-order valence-corrected chi connectivity index (χ2v) is 6.80. The fourth-order valence-electron chi connectivity index (χ4n) is 3.76. The zero-order valence-electron chi connectivity index (χ0n) is 14.4. The van der Waals surface area contributed by atoms with Gasteiger partial charge in [-0.25, -0.2) is 0 Å². The Hall–Kier alpha value is -2.62. The Morgan fingerprint density at radius 1 is 1.04 bits per heavy atom. The average Bonchev–Trinajstić information content (AvgIpc) is 3.36. The number of fused-ring (bicyclic) bond motifs is 1. The summed E-state index contributed by atoms with van der Waals surface area (Å²) < 4.78 is 0. The van der Waals surface area contributed by atoms with E-state index in [2.05, 4.69) is 6.07 Å². The molecule has 0 saturated heterocycles. The minimum absolute atomic E-state index is 0.0307. The lowest BCUT2D eigenvalue weighted by molar-refractivity contribution is -0.134. The smallest absolute Gasteiger partial charge is 0.242 e. The van der Waals surface area contributed by atoms with Crippen molar-refractivity contribution in [3.8, 4) is 0 Å². The van der Waals surface area contributed by atoms with Gasteiger partial charge in [-0.15, -0.1) is 0 Å². The quantitative estimate of drug-likeness (QED) is 0.804. The van der Waals surface area contributed by atoms with Crippen LogP contribution < -0.4 is 9.80 Å². The van der Waals surface area contributed by atoms with Crippen molar-refractivity contribution >= 4 is 23.2 Å². The van der Waals surface area contributed by atoms with Gasteiger partial charge in [0, 0.05) is 24.5 Å². The predicted octanol–water partition coefficient (Wildman–Crippen LogP) is 3.41. The molecule has 4 nitrogen and oxygen atoms in total. The van der Waals surface area contributed by atoms with E-state index < -0.39 is 5.41 Å². The maximum Gasteiger partial charge on any atom is 0.242 e. The minimum Gasteiger partial charge on any atom is -0.312 e. The molecule has 1 heterocycles. The fourth-order valence-corrected chi connectivity index (χ4v) is 3.76. The first-order valence-corrected chi connectivity index (χ1v) is 8.94. The molecule has 4 heteroatoms. The second-order valence-electron chi connectivity index (χ2n) is 6.80. The molecule has 2 aliphatic rings. The van der Waals surface area contributed by atoms with Gasteiger partial charge >= 0.3 is 0 Å². The minimum atomic E-state index is -0.872. The largest absolute Gasteiger partial charge is 0.312 e. The maximum atomic E-state index is 13.3. The lowest BCUT2D eigenvalue weighted by Crippen LogP contribution is -2.47. The van der Waals surface area contributed by atoms with Crippen molar-refractivity contribution in [2.75, 3.05) is 22.9 Å². The third kappa shape index (κ3) is 2.53. The van der Waals surface area contributed by atoms with E-state index in [4.69, 9.17) is 0 Å². The number of anilines is 2. The average molecular weight is 334 g/mol. The molecule has 1 aliphatic carbocycles. The summed E-state index contributed by atoms with van der Waals surface area (Å²) in [7, 11) is 0. The van der Waals surface area contributed by atoms with Gasteiger partial charge in [0.15, 0.2) is 0 Å². The molecule has 2 aromatic rings. The molecule has 128 valence electrons. The van der Waals surface area contributed by atoms with E-state index in [9.17, 15) is 9.59 Å². The van der Waals surface area contributed by atoms with Crippen molar-refractivity contribution in [3.63, 3.8) is 0 Å². The normalized spacial score (nSPS) is 17.1. The Morgan fingerprint density at radius 2 is 1.72 bits per heavy atom. The zero-order chi connectivity index (χ0) is 17.4. The van der Waals surface area contributed by atoms with Crippen LogP contribution in [0.1, 0.15) is 25.3 Å². The summed E-state index contributed by atoms with van der Waals surface area (Å²) in [6.45, 7) is 3.19. The summed E-state index contributed by atoms with van der Waals surface area (Å²) in [5.74, 6) is -0.0904. The molecule has 2 amide bonds. The van der Waals surface area contributed by atoms with Crippen molar-refractivity contribution in [1.29, 1.82) is 0 Å². The summed E-state index contributed by atoms with van der Waals surface area (Å²) in [6, 6.07) is 17.6. The summed E-state index contributed by atoms with van der Waals surface area (Å²) in [6.07, 6.45) is 2.15. The van der Waals surface area contributed by atoms with E-state index in [-0.39, 0.29) is 11.8 Å². The third-order valence-corrected chi connectivity index (χ3v) is 5.33. The van der Waals surface area contributed by atoms with Gasteiger partial charge in [0.1, 0.15) is 5.41 Å². The molecule has 0 aromatic heterocycles. The Labute approximate surface area is 148 Å². The standard InChI is InChI=1S/C21H22N2O2/c1-2-22(17-9-4-3-5-10-17)19(24)21(13-14-21)20(25)23-15-12-16-8-6-7-11-18(16)23/h3-11H,2,12-15H2,1H3. The Kier molecular flexibility index (Phi) is 3.83. The van der Waals surface area contributed by atoms with Gasteiger partial charge in [-0.3, -0.25) is 9.59 Å². The summed E-state index contributed by atoms with van der Waals surface area (Å²) in [5.41, 5.74) is 2.14. The first kappa shape index (κ1) is 15.9. The van der Waals surface area contributed by atoms with E-state index in [0.717, 1.165) is 17.8 Å². The number of benzene rings is 2. The molecule has 0 radical (unpaired) electrons. The molecule has 4 rings (SSSR count). The maximum absolute atomic E-state index is 13.3. The molecule has 0 spiro atoms. The summed E-state index contributed by atoms with van der Waals surface area (Å²) in [5, 5.41) is 0. The molecule has 2 aromatic carbocycles. The fraction of sp³-hybridized carbons (Fsp3) is 0.333. The molecule has 1 fully saturated rings. The highest BCUT2D eigenvalue weighted by Crippen LogP contribution is 2.50. The number of amides is 2. The van der Waals surface area contributed by atoms with Gasteiger partial charge < -0.3 is 9.80 Å². The molecule has 0 unspecified atom stereocenters. The van der Waals surface area contributed by atoms with Gasteiger partial charge in [0.25, 0.3) is 0 Å². The van der Waals surface area contributed by atoms with Crippen molar-refractivity contribution in [1.82, 2.24) is 0 Å². The van der Waals surface area contributed by atoms with Gasteiger partial charge in [-0.1, -0.05) is 36.4 Å². The van der Waals surface area contributed by atoms with Crippen LogP contribution in [0.5, 0.6) is 0 Å². The summed E-state index contributed by atoms with van der Waals surface area (Å²) in [4.78, 5) is 30.1. The van der Waals surface area contributed by atoms with E-state index >= 15 is 0 Å². The van der Waals surface area contributed by atoms with Crippen LogP contribution in [0.4, 0.5) is 11.4 Å². The number of carbonyl (C=O) groups is 2. The molecular formula is C21H22N2O2. The van der Waals surface area contributed by atoms with Crippen LogP contribution >= 0.6 is 0 Å². The molecule has 25 heavy (non-hydrogen) atoms. The lowest BCUT2D eigenvalue weighted by atomic mass is 10.0. The van der Waals surface area contributed by atoms with Gasteiger partial charge in [0.05, 0.1) is 0 Å². The molecule has 0 bridgehead atoms. The number of carbonyl (C=O) groups excluding carboxylic acids is 2. The molecule has 0 N–H and O–H groups in total. The van der Waals surface area contributed by atoms with Gasteiger partial charge in [-0.2, -0.15) is 0 Å². The van der Waals surface area contributed by atoms with Crippen LogP contribution in [0.3, 0.4) is 0 Å². The first-order valence-electron chi connectivity index (χ1n) is 8.94. The van der Waals surface area contributed by atoms with Crippen molar-refractivity contribution in [2.45, 2.75) is 26.2 Å². The predicted molar refractivity (Wildman–Crippen MR) is 98.6 cm³/mol. The Balaban J connectivity index is 1.62. The van der Waals surface area contributed by atoms with Crippen molar-refractivity contribution in [3.05, 3.63) is 60.2 Å². The van der Waals surface area contributed by atoms with Crippen molar-refractivity contribution < 1.29 is 9.59 Å². The molecule has 1 saturated carbocycles. The van der Waals surface area contributed by atoms with Crippen LogP contribution in [0.25, 0.3) is 0 Å². The van der Waals surface area contributed by atoms with Crippen LogP contribution in [0.15, 0.2) is 54.6 Å². The van der Waals surface area contributed by atoms with Crippen LogP contribution in [-0.4, -0.2) is 24.9 Å². The second kappa shape index (κ2) is 6.03. The van der Waals surface area contributed by atoms with Gasteiger partial charge in [-0.05, 0) is 49.9 Å². The molecular weight excluding hydrogens is 312 g/mol. The van der Waals surface area contributed by atoms with E-state index in [1.54, 1.807) is 4.90 Å². The van der Waals surface area contributed by atoms with Crippen LogP contribution in [-0.2, 0) is 16.0 Å². The molecule has 0 atom stereocenters. The van der Waals surface area contributed by atoms with E-state index in [0.29, 0.717) is 25.9 Å². The first-order chi connectivity index (χ1) is 12.2. The molecule has 1 aliphatic heterocycles. The number of rotatable bonds is 4. The highest BCUT2D eigenvalue weighted by Gasteiger charge is 2.60. The number of nitrogens with zero attached hydrogens (tertiary/aromatic N) is 2. The van der Waals surface area contributed by atoms with Crippen LogP contribution in [0, 0.1) is 5.41 Å². The topological polar surface area (TPSA) is 40.6 Å². The lowest BCUT2D eigenvalue weighted by Gasteiger charge is -2.29. The van der Waals surface area contributed by atoms with Gasteiger partial charge in [0.2, 0.25) is 11.8 Å². The number of hydrogen-bond acceptors (Lipinski definition) is 2. The third-order valence-electron chi connectivity index (χ3n) is 5.33. The van der Waals surface area contributed by atoms with Crippen LogP contribution in [0.2, 0.25) is 0 Å². The Bertz CT molecular complexity index is 796. The van der Waals surface area contributed by atoms with Crippen molar-refractivity contribution in [2.24, 2.45) is 5.41 Å². The van der Waals surface area contributed by atoms with E-state index in [1.165, 1.54) is 5.56 Å².